The molecule has 2 aromatic heterocycles. The minimum absolute atomic E-state index is 0.372. The molecule has 0 aliphatic carbocycles. The molecule has 0 aliphatic rings. The van der Waals surface area contributed by atoms with Crippen LogP contribution in [0.25, 0.3) is 21.9 Å². The first-order valence-electron chi connectivity index (χ1n) is 6.75. The SMILES string of the molecule is COc1c(CC=C(C)C)c2ccc(=O)oc2c2ccoc12. The van der Waals surface area contributed by atoms with E-state index in [1.165, 1.54) is 11.6 Å². The van der Waals surface area contributed by atoms with Gasteiger partial charge in [0.1, 0.15) is 5.58 Å². The Morgan fingerprint density at radius 1 is 1.19 bits per heavy atom. The Balaban J connectivity index is 2.45. The highest BCUT2D eigenvalue weighted by atomic mass is 16.5. The second-order valence-corrected chi connectivity index (χ2v) is 5.16. The summed E-state index contributed by atoms with van der Waals surface area (Å²) in [6.45, 7) is 4.08. The average molecular weight is 284 g/mol. The molecule has 0 bridgehead atoms. The van der Waals surface area contributed by atoms with E-state index < -0.39 is 0 Å². The van der Waals surface area contributed by atoms with E-state index in [1.54, 1.807) is 25.5 Å². The maximum Gasteiger partial charge on any atom is 0.336 e. The largest absolute Gasteiger partial charge is 0.492 e. The summed E-state index contributed by atoms with van der Waals surface area (Å²) in [4.78, 5) is 11.5. The third kappa shape index (κ3) is 2.23. The number of hydrogen-bond acceptors (Lipinski definition) is 4. The summed E-state index contributed by atoms with van der Waals surface area (Å²) in [5.41, 5.74) is 2.95. The van der Waals surface area contributed by atoms with Crippen LogP contribution in [0, 0.1) is 0 Å². The number of ether oxygens (including phenoxy) is 1. The second kappa shape index (κ2) is 5.13. The van der Waals surface area contributed by atoms with Gasteiger partial charge in [0.05, 0.1) is 18.8 Å². The maximum atomic E-state index is 11.5. The number of fused-ring (bicyclic) bond motifs is 3. The number of allylic oxidation sites excluding steroid dienone is 2. The van der Waals surface area contributed by atoms with Crippen LogP contribution < -0.4 is 10.4 Å². The van der Waals surface area contributed by atoms with E-state index in [0.29, 0.717) is 23.3 Å². The number of benzene rings is 1. The van der Waals surface area contributed by atoms with Crippen LogP contribution in [0.1, 0.15) is 19.4 Å². The molecule has 0 unspecified atom stereocenters. The zero-order valence-corrected chi connectivity index (χ0v) is 12.2. The van der Waals surface area contributed by atoms with Crippen LogP contribution in [0.5, 0.6) is 5.75 Å². The first-order valence-corrected chi connectivity index (χ1v) is 6.75. The van der Waals surface area contributed by atoms with Gasteiger partial charge in [0.15, 0.2) is 11.3 Å². The minimum atomic E-state index is -0.372. The number of methoxy groups -OCH3 is 1. The summed E-state index contributed by atoms with van der Waals surface area (Å²) in [5, 5.41) is 1.62. The molecule has 0 radical (unpaired) electrons. The quantitative estimate of drug-likeness (QED) is 0.537. The fourth-order valence-corrected chi connectivity index (χ4v) is 2.50. The maximum absolute atomic E-state index is 11.5. The molecule has 21 heavy (non-hydrogen) atoms. The van der Waals surface area contributed by atoms with E-state index in [1.807, 2.05) is 13.8 Å². The first-order chi connectivity index (χ1) is 10.1. The second-order valence-electron chi connectivity index (χ2n) is 5.16. The van der Waals surface area contributed by atoms with Gasteiger partial charge in [-0.25, -0.2) is 4.79 Å². The Kier molecular flexibility index (Phi) is 3.29. The Morgan fingerprint density at radius 3 is 2.71 bits per heavy atom. The molecule has 0 spiro atoms. The Labute approximate surface area is 121 Å². The molecule has 4 heteroatoms. The lowest BCUT2D eigenvalue weighted by Crippen LogP contribution is -1.99. The lowest BCUT2D eigenvalue weighted by Gasteiger charge is -2.11. The molecule has 3 aromatic rings. The minimum Gasteiger partial charge on any atom is -0.492 e. The Morgan fingerprint density at radius 2 is 2.00 bits per heavy atom. The molecular formula is C17H16O4. The highest BCUT2D eigenvalue weighted by molar-refractivity contribution is 6.07. The summed E-state index contributed by atoms with van der Waals surface area (Å²) in [6, 6.07) is 5.00. The zero-order valence-electron chi connectivity index (χ0n) is 12.2. The van der Waals surface area contributed by atoms with Crippen LogP contribution in [0.4, 0.5) is 0 Å². The molecule has 3 rings (SSSR count). The van der Waals surface area contributed by atoms with Crippen LogP contribution in [0.15, 0.2) is 49.7 Å². The lowest BCUT2D eigenvalue weighted by molar-refractivity contribution is 0.406. The van der Waals surface area contributed by atoms with Crippen LogP contribution in [-0.2, 0) is 6.42 Å². The van der Waals surface area contributed by atoms with Crippen LogP contribution >= 0.6 is 0 Å². The fourth-order valence-electron chi connectivity index (χ4n) is 2.50. The molecule has 0 amide bonds. The van der Waals surface area contributed by atoms with Gasteiger partial charge in [-0.3, -0.25) is 0 Å². The van der Waals surface area contributed by atoms with Gasteiger partial charge in [-0.2, -0.15) is 0 Å². The van der Waals surface area contributed by atoms with Crippen molar-refractivity contribution in [2.24, 2.45) is 0 Å². The zero-order chi connectivity index (χ0) is 15.0. The van der Waals surface area contributed by atoms with Crippen molar-refractivity contribution in [1.29, 1.82) is 0 Å². The van der Waals surface area contributed by atoms with E-state index in [0.717, 1.165) is 16.3 Å². The fraction of sp³-hybridized carbons (Fsp3) is 0.235. The van der Waals surface area contributed by atoms with Crippen LogP contribution in [-0.4, -0.2) is 7.11 Å². The van der Waals surface area contributed by atoms with Gasteiger partial charge < -0.3 is 13.6 Å². The molecule has 0 atom stereocenters. The molecule has 0 saturated carbocycles. The van der Waals surface area contributed by atoms with Crippen molar-refractivity contribution in [3.8, 4) is 5.75 Å². The highest BCUT2D eigenvalue weighted by Crippen LogP contribution is 2.38. The van der Waals surface area contributed by atoms with Crippen LogP contribution in [0.2, 0.25) is 0 Å². The van der Waals surface area contributed by atoms with Crippen molar-refractivity contribution >= 4 is 21.9 Å². The van der Waals surface area contributed by atoms with Crippen molar-refractivity contribution in [1.82, 2.24) is 0 Å². The topological polar surface area (TPSA) is 52.6 Å². The Bertz CT molecular complexity index is 892. The summed E-state index contributed by atoms with van der Waals surface area (Å²) in [5.74, 6) is 0.689. The van der Waals surface area contributed by atoms with E-state index in [4.69, 9.17) is 13.6 Å². The standard InChI is InChI=1S/C17H16O4/c1-10(2)4-5-12-11-6-7-14(18)21-15(11)13-8-9-20-17(13)16(12)19-3/h4,6-9H,5H2,1-3H3. The molecule has 108 valence electrons. The van der Waals surface area contributed by atoms with Crippen molar-refractivity contribution in [2.45, 2.75) is 20.3 Å². The summed E-state index contributed by atoms with van der Waals surface area (Å²) < 4.78 is 16.5. The molecule has 0 N–H and O–H groups in total. The average Bonchev–Trinajstić information content (AvgIpc) is 2.93. The summed E-state index contributed by atoms with van der Waals surface area (Å²) >= 11 is 0. The van der Waals surface area contributed by atoms with Gasteiger partial charge in [0.25, 0.3) is 0 Å². The Hall–Kier alpha value is -2.49. The van der Waals surface area contributed by atoms with Crippen molar-refractivity contribution < 1.29 is 13.6 Å². The predicted octanol–water partition coefficient (Wildman–Crippen LogP) is 4.06. The third-order valence-electron chi connectivity index (χ3n) is 3.47. The monoisotopic (exact) mass is 284 g/mol. The highest BCUT2D eigenvalue weighted by Gasteiger charge is 2.18. The number of hydrogen-bond donors (Lipinski definition) is 0. The van der Waals surface area contributed by atoms with E-state index in [2.05, 4.69) is 6.08 Å². The molecule has 0 aliphatic heterocycles. The van der Waals surface area contributed by atoms with Crippen molar-refractivity contribution in [2.75, 3.05) is 7.11 Å². The summed E-state index contributed by atoms with van der Waals surface area (Å²) in [6.07, 6.45) is 4.37. The van der Waals surface area contributed by atoms with Gasteiger partial charge in [0.2, 0.25) is 0 Å². The van der Waals surface area contributed by atoms with Gasteiger partial charge in [0, 0.05) is 17.0 Å². The summed E-state index contributed by atoms with van der Waals surface area (Å²) in [7, 11) is 1.62. The van der Waals surface area contributed by atoms with Gasteiger partial charge in [-0.15, -0.1) is 0 Å². The van der Waals surface area contributed by atoms with E-state index in [9.17, 15) is 4.79 Å². The predicted molar refractivity (Wildman–Crippen MR) is 81.9 cm³/mol. The smallest absolute Gasteiger partial charge is 0.336 e. The van der Waals surface area contributed by atoms with Gasteiger partial charge in [-0.1, -0.05) is 11.6 Å². The van der Waals surface area contributed by atoms with E-state index in [-0.39, 0.29) is 5.63 Å². The van der Waals surface area contributed by atoms with Gasteiger partial charge in [-0.05, 0) is 32.4 Å². The molecule has 0 saturated heterocycles. The van der Waals surface area contributed by atoms with Gasteiger partial charge >= 0.3 is 5.63 Å². The van der Waals surface area contributed by atoms with Crippen molar-refractivity contribution in [3.05, 3.63) is 52.1 Å². The van der Waals surface area contributed by atoms with E-state index >= 15 is 0 Å². The molecule has 1 aromatic carbocycles. The number of furan rings is 1. The lowest BCUT2D eigenvalue weighted by atomic mass is 10.0. The molecular weight excluding hydrogens is 268 g/mol. The molecule has 4 nitrogen and oxygen atoms in total. The van der Waals surface area contributed by atoms with Crippen molar-refractivity contribution in [3.63, 3.8) is 0 Å². The third-order valence-corrected chi connectivity index (χ3v) is 3.47. The molecule has 2 heterocycles. The first kappa shape index (κ1) is 13.5. The molecule has 0 fully saturated rings. The van der Waals surface area contributed by atoms with Crippen LogP contribution in [0.3, 0.4) is 0 Å². The number of rotatable bonds is 3. The normalized spacial score (nSPS) is 11.0.